The van der Waals surface area contributed by atoms with Gasteiger partial charge in [0.25, 0.3) is 0 Å². The van der Waals surface area contributed by atoms with Gasteiger partial charge in [-0.2, -0.15) is 0 Å². The van der Waals surface area contributed by atoms with Crippen LogP contribution in [0.4, 0.5) is 34.1 Å². The maximum absolute atomic E-state index is 6.33. The van der Waals surface area contributed by atoms with Gasteiger partial charge in [-0.3, -0.25) is 0 Å². The van der Waals surface area contributed by atoms with Gasteiger partial charge in [-0.05, 0) is 72.8 Å². The molecule has 0 fully saturated rings. The zero-order valence-corrected chi connectivity index (χ0v) is 27.8. The van der Waals surface area contributed by atoms with Gasteiger partial charge in [-0.1, -0.05) is 103 Å². The van der Waals surface area contributed by atoms with Gasteiger partial charge in [-0.25, -0.2) is 0 Å². The molecule has 0 saturated carbocycles. The monoisotopic (exact) mass is 658 g/mol. The van der Waals surface area contributed by atoms with Gasteiger partial charge >= 0.3 is 0 Å². The molecule has 2 heterocycles. The fraction of sp³-hybridized carbons (Fsp3) is 0. The first kappa shape index (κ1) is 28.6. The number of furan rings is 1. The molecule has 0 unspecified atom stereocenters. The molecule has 10 aromatic rings. The Labute approximate surface area is 293 Å². The van der Waals surface area contributed by atoms with E-state index in [1.54, 1.807) is 0 Å². The Kier molecular flexibility index (Phi) is 6.68. The molecule has 50 heavy (non-hydrogen) atoms. The minimum atomic E-state index is 0.882. The average molecular weight is 659 g/mol. The normalized spacial score (nSPS) is 11.6. The van der Waals surface area contributed by atoms with E-state index in [9.17, 15) is 0 Å². The van der Waals surface area contributed by atoms with Crippen molar-refractivity contribution in [1.82, 2.24) is 0 Å². The van der Waals surface area contributed by atoms with E-state index in [2.05, 4.69) is 180 Å². The van der Waals surface area contributed by atoms with Crippen LogP contribution in [0.2, 0.25) is 0 Å². The predicted octanol–water partition coefficient (Wildman–Crippen LogP) is 14.0. The van der Waals surface area contributed by atoms with Crippen LogP contribution in [0.1, 0.15) is 0 Å². The number of hydrogen-bond donors (Lipinski definition) is 0. The Morgan fingerprint density at radius 3 is 1.54 bits per heavy atom. The summed E-state index contributed by atoms with van der Waals surface area (Å²) in [6.45, 7) is 0. The van der Waals surface area contributed by atoms with Crippen LogP contribution in [0.15, 0.2) is 186 Å². The molecule has 0 amide bonds. The summed E-state index contributed by atoms with van der Waals surface area (Å²) in [7, 11) is 0. The highest BCUT2D eigenvalue weighted by Gasteiger charge is 2.21. The van der Waals surface area contributed by atoms with Crippen molar-refractivity contribution in [3.8, 4) is 0 Å². The number of benzene rings is 8. The van der Waals surface area contributed by atoms with Crippen LogP contribution in [-0.2, 0) is 0 Å². The van der Waals surface area contributed by atoms with E-state index >= 15 is 0 Å². The van der Waals surface area contributed by atoms with Crippen molar-refractivity contribution in [2.45, 2.75) is 0 Å². The zero-order chi connectivity index (χ0) is 33.0. The third kappa shape index (κ3) is 4.65. The van der Waals surface area contributed by atoms with Crippen LogP contribution in [0, 0.1) is 0 Å². The van der Waals surface area contributed by atoms with Crippen LogP contribution in [0.3, 0.4) is 0 Å². The first-order chi connectivity index (χ1) is 24.8. The van der Waals surface area contributed by atoms with E-state index in [0.29, 0.717) is 0 Å². The van der Waals surface area contributed by atoms with Crippen LogP contribution < -0.4 is 9.80 Å². The van der Waals surface area contributed by atoms with Crippen LogP contribution >= 0.6 is 11.3 Å². The van der Waals surface area contributed by atoms with Gasteiger partial charge in [-0.15, -0.1) is 11.3 Å². The molecule has 0 spiro atoms. The molecule has 2 aromatic heterocycles. The average Bonchev–Trinajstić information content (AvgIpc) is 3.74. The summed E-state index contributed by atoms with van der Waals surface area (Å²) < 4.78 is 8.88. The fourth-order valence-electron chi connectivity index (χ4n) is 7.35. The van der Waals surface area contributed by atoms with E-state index < -0.39 is 0 Å². The topological polar surface area (TPSA) is 19.6 Å². The maximum atomic E-state index is 6.33. The number of fused-ring (bicyclic) bond motifs is 8. The molecule has 0 radical (unpaired) electrons. The van der Waals surface area contributed by atoms with Crippen molar-refractivity contribution >= 4 is 98.3 Å². The third-order valence-corrected chi connectivity index (χ3v) is 10.8. The van der Waals surface area contributed by atoms with E-state index in [-0.39, 0.29) is 0 Å². The molecular weight excluding hydrogens is 629 g/mol. The van der Waals surface area contributed by atoms with Gasteiger partial charge < -0.3 is 14.2 Å². The Morgan fingerprint density at radius 1 is 0.340 bits per heavy atom. The van der Waals surface area contributed by atoms with E-state index in [1.807, 2.05) is 23.5 Å². The second-order valence-corrected chi connectivity index (χ2v) is 13.6. The molecule has 0 aliphatic rings. The number of thiophene rings is 1. The molecule has 10 rings (SSSR count). The van der Waals surface area contributed by atoms with Gasteiger partial charge in [0.05, 0.1) is 5.69 Å². The molecule has 8 aromatic carbocycles. The van der Waals surface area contributed by atoms with Crippen LogP contribution in [0.5, 0.6) is 0 Å². The fourth-order valence-corrected chi connectivity index (χ4v) is 8.61. The van der Waals surface area contributed by atoms with Crippen LogP contribution in [-0.4, -0.2) is 0 Å². The molecule has 236 valence electrons. The van der Waals surface area contributed by atoms with Gasteiger partial charge in [0, 0.05) is 76.2 Å². The lowest BCUT2D eigenvalue weighted by molar-refractivity contribution is 0.669. The first-order valence-corrected chi connectivity index (χ1v) is 17.7. The maximum Gasteiger partial charge on any atom is 0.137 e. The van der Waals surface area contributed by atoms with Gasteiger partial charge in [0.2, 0.25) is 0 Å². The Balaban J connectivity index is 1.18. The van der Waals surface area contributed by atoms with Gasteiger partial charge in [0.15, 0.2) is 0 Å². The smallest absolute Gasteiger partial charge is 0.137 e. The number of hydrogen-bond acceptors (Lipinski definition) is 4. The first-order valence-electron chi connectivity index (χ1n) is 16.8. The Hall–Kier alpha value is -6.36. The van der Waals surface area contributed by atoms with Gasteiger partial charge in [0.1, 0.15) is 11.2 Å². The molecule has 3 nitrogen and oxygen atoms in total. The third-order valence-electron chi connectivity index (χ3n) is 9.60. The van der Waals surface area contributed by atoms with E-state index in [4.69, 9.17) is 4.42 Å². The summed E-state index contributed by atoms with van der Waals surface area (Å²) in [4.78, 5) is 4.71. The van der Waals surface area contributed by atoms with Crippen molar-refractivity contribution in [3.05, 3.63) is 182 Å². The van der Waals surface area contributed by atoms with Crippen molar-refractivity contribution < 1.29 is 4.42 Å². The number of nitrogens with zero attached hydrogens (tertiary/aromatic N) is 2. The highest BCUT2D eigenvalue weighted by Crippen LogP contribution is 2.48. The quantitative estimate of drug-likeness (QED) is 0.177. The molecule has 0 aliphatic heterocycles. The lowest BCUT2D eigenvalue weighted by Gasteiger charge is -2.27. The van der Waals surface area contributed by atoms with E-state index in [1.165, 1.54) is 36.6 Å². The molecule has 4 heteroatoms. The van der Waals surface area contributed by atoms with Crippen molar-refractivity contribution in [2.75, 3.05) is 9.80 Å². The van der Waals surface area contributed by atoms with Crippen molar-refractivity contribution in [3.63, 3.8) is 0 Å². The summed E-state index contributed by atoms with van der Waals surface area (Å²) in [6, 6.07) is 64.8. The van der Waals surface area contributed by atoms with Crippen molar-refractivity contribution in [1.29, 1.82) is 0 Å². The predicted molar refractivity (Wildman–Crippen MR) is 213 cm³/mol. The summed E-state index contributed by atoms with van der Waals surface area (Å²) in [5.41, 5.74) is 8.46. The lowest BCUT2D eigenvalue weighted by atomic mass is 10.0. The molecule has 0 N–H and O–H groups in total. The van der Waals surface area contributed by atoms with E-state index in [0.717, 1.165) is 50.4 Å². The Bertz CT molecular complexity index is 2780. The number of para-hydroxylation sites is 4. The minimum Gasteiger partial charge on any atom is -0.456 e. The largest absolute Gasteiger partial charge is 0.456 e. The Morgan fingerprint density at radius 2 is 0.860 bits per heavy atom. The highest BCUT2D eigenvalue weighted by molar-refractivity contribution is 7.26. The molecule has 0 aliphatic carbocycles. The number of anilines is 6. The SMILES string of the molecule is c1ccc(N(c2ccc3c(c2)oc2ccccc23)c2ccc3c(c2)sc2c4ccccc4c(N(c4ccccc4)c4ccccc4)cc32)cc1. The number of rotatable bonds is 6. The summed E-state index contributed by atoms with van der Waals surface area (Å²) in [6.07, 6.45) is 0. The zero-order valence-electron chi connectivity index (χ0n) is 27.0. The summed E-state index contributed by atoms with van der Waals surface area (Å²) in [5, 5.41) is 7.26. The molecule has 0 saturated heterocycles. The van der Waals surface area contributed by atoms with Crippen LogP contribution in [0.25, 0.3) is 52.9 Å². The lowest BCUT2D eigenvalue weighted by Crippen LogP contribution is -2.10. The molecular formula is C46H30N2OS. The summed E-state index contributed by atoms with van der Waals surface area (Å²) in [5.74, 6) is 0. The molecule has 0 atom stereocenters. The van der Waals surface area contributed by atoms with Crippen molar-refractivity contribution in [2.24, 2.45) is 0 Å². The highest BCUT2D eigenvalue weighted by atomic mass is 32.1. The second kappa shape index (κ2) is 11.7. The minimum absolute atomic E-state index is 0.882. The molecule has 0 bridgehead atoms. The second-order valence-electron chi connectivity index (χ2n) is 12.6. The summed E-state index contributed by atoms with van der Waals surface area (Å²) >= 11 is 1.87. The standard InChI is InChI=1S/C46H30N2OS/c1-4-14-31(15-5-1)47(34-24-26-38-37-21-12-13-23-43(37)49-44(38)28-34)35-25-27-39-41-30-42(36-20-10-11-22-40(36)46(41)50-45(39)29-35)48(32-16-6-2-7-17-32)33-18-8-3-9-19-33/h1-30H.